The number of Topliss-reactive ketones (excluding diaryl/α,β-unsaturated/α-hetero) is 1. The van der Waals surface area contributed by atoms with Crippen molar-refractivity contribution in [3.8, 4) is 0 Å². The Morgan fingerprint density at radius 1 is 1.30 bits per heavy atom. The Balaban J connectivity index is 3.33. The second-order valence-electron chi connectivity index (χ2n) is 4.19. The molecule has 0 saturated heterocycles. The summed E-state index contributed by atoms with van der Waals surface area (Å²) in [6, 6.07) is 6.44. The number of carbonyl (C=O) groups is 2. The van der Waals surface area contributed by atoms with Gasteiger partial charge >= 0.3 is 5.97 Å². The molecule has 20 heavy (non-hydrogen) atoms. The highest BCUT2D eigenvalue weighted by atomic mass is 79.9. The third-order valence-corrected chi connectivity index (χ3v) is 3.46. The molecule has 0 bridgehead atoms. The second-order valence-corrected chi connectivity index (χ2v) is 5.11. The fourth-order valence-electron chi connectivity index (χ4n) is 1.76. The van der Waals surface area contributed by atoms with Crippen molar-refractivity contribution in [2.24, 2.45) is 0 Å². The number of halogens is 1. The third-order valence-electron chi connectivity index (χ3n) is 2.93. The smallest absolute Gasteiger partial charge is 0.347 e. The van der Waals surface area contributed by atoms with E-state index in [1.54, 1.807) is 38.1 Å². The van der Waals surface area contributed by atoms with Gasteiger partial charge in [-0.05, 0) is 24.6 Å². The van der Waals surface area contributed by atoms with Crippen LogP contribution in [0.1, 0.15) is 25.8 Å². The van der Waals surface area contributed by atoms with Crippen molar-refractivity contribution in [2.75, 3.05) is 6.61 Å². The van der Waals surface area contributed by atoms with Crippen LogP contribution < -0.4 is 0 Å². The molecule has 4 nitrogen and oxygen atoms in total. The minimum Gasteiger partial charge on any atom is -0.463 e. The van der Waals surface area contributed by atoms with E-state index in [9.17, 15) is 14.7 Å². The van der Waals surface area contributed by atoms with Gasteiger partial charge in [-0.1, -0.05) is 41.6 Å². The van der Waals surface area contributed by atoms with E-state index in [4.69, 9.17) is 4.74 Å². The van der Waals surface area contributed by atoms with Crippen LogP contribution in [0.15, 0.2) is 40.9 Å². The molecule has 1 atom stereocenters. The number of hydrogen-bond acceptors (Lipinski definition) is 4. The van der Waals surface area contributed by atoms with E-state index in [0.717, 1.165) is 4.47 Å². The molecule has 108 valence electrons. The van der Waals surface area contributed by atoms with Crippen molar-refractivity contribution in [2.45, 2.75) is 25.9 Å². The molecule has 0 spiro atoms. The zero-order valence-corrected chi connectivity index (χ0v) is 13.1. The van der Waals surface area contributed by atoms with Crippen LogP contribution in [0.5, 0.6) is 0 Å². The van der Waals surface area contributed by atoms with E-state index in [-0.39, 0.29) is 29.9 Å². The monoisotopic (exact) mass is 340 g/mol. The van der Waals surface area contributed by atoms with Gasteiger partial charge in [0.15, 0.2) is 5.78 Å². The van der Waals surface area contributed by atoms with Crippen molar-refractivity contribution < 1.29 is 19.4 Å². The lowest BCUT2D eigenvalue weighted by Crippen LogP contribution is -2.41. The molecule has 1 N–H and O–H groups in total. The lowest BCUT2D eigenvalue weighted by molar-refractivity contribution is -0.163. The van der Waals surface area contributed by atoms with Gasteiger partial charge in [-0.2, -0.15) is 0 Å². The molecule has 0 amide bonds. The molecule has 0 aliphatic rings. The summed E-state index contributed by atoms with van der Waals surface area (Å²) in [6.07, 6.45) is 0.150. The number of rotatable bonds is 6. The molecule has 0 fully saturated rings. The molecule has 5 heteroatoms. The Kier molecular flexibility index (Phi) is 5.65. The van der Waals surface area contributed by atoms with Gasteiger partial charge in [0.05, 0.1) is 6.61 Å². The first kappa shape index (κ1) is 16.6. The number of aliphatic hydroxyl groups is 1. The minimum atomic E-state index is -2.15. The first-order valence-electron chi connectivity index (χ1n) is 6.26. The molecule has 0 aliphatic carbocycles. The van der Waals surface area contributed by atoms with Crippen LogP contribution in [0, 0.1) is 0 Å². The van der Waals surface area contributed by atoms with Gasteiger partial charge in [0.2, 0.25) is 5.60 Å². The molecular weight excluding hydrogens is 324 g/mol. The largest absolute Gasteiger partial charge is 0.463 e. The van der Waals surface area contributed by atoms with Crippen molar-refractivity contribution in [1.29, 1.82) is 0 Å². The fourth-order valence-corrected chi connectivity index (χ4v) is 2.02. The number of hydrogen-bond donors (Lipinski definition) is 1. The van der Waals surface area contributed by atoms with Gasteiger partial charge in [-0.3, -0.25) is 4.79 Å². The van der Waals surface area contributed by atoms with Gasteiger partial charge in [-0.15, -0.1) is 0 Å². The van der Waals surface area contributed by atoms with Crippen LogP contribution >= 0.6 is 15.9 Å². The lowest BCUT2D eigenvalue weighted by atomic mass is 9.84. The first-order valence-corrected chi connectivity index (χ1v) is 7.05. The molecule has 1 aromatic carbocycles. The normalized spacial score (nSPS) is 13.4. The number of esters is 1. The van der Waals surface area contributed by atoms with Gasteiger partial charge in [-0.25, -0.2) is 4.79 Å². The zero-order chi connectivity index (χ0) is 15.3. The molecular formula is C15H17BrO4. The van der Waals surface area contributed by atoms with Crippen LogP contribution in [0.2, 0.25) is 0 Å². The molecule has 0 radical (unpaired) electrons. The SMILES string of the molecule is C=C(C(=O)CC)C(O)(C(=O)OCC)c1ccc(Br)cc1. The Labute approximate surface area is 126 Å². The summed E-state index contributed by atoms with van der Waals surface area (Å²) >= 11 is 3.27. The summed E-state index contributed by atoms with van der Waals surface area (Å²) in [5, 5.41) is 10.7. The first-order chi connectivity index (χ1) is 9.37. The maximum Gasteiger partial charge on any atom is 0.347 e. The number of ketones is 1. The summed E-state index contributed by atoms with van der Waals surface area (Å²) < 4.78 is 5.69. The van der Waals surface area contributed by atoms with Crippen LogP contribution in [0.4, 0.5) is 0 Å². The van der Waals surface area contributed by atoms with E-state index in [1.807, 2.05) is 0 Å². The highest BCUT2D eigenvalue weighted by Gasteiger charge is 2.44. The third kappa shape index (κ3) is 3.16. The fraction of sp³-hybridized carbons (Fsp3) is 0.333. The van der Waals surface area contributed by atoms with Gasteiger partial charge in [0, 0.05) is 16.5 Å². The van der Waals surface area contributed by atoms with Crippen molar-refractivity contribution >= 4 is 27.7 Å². The summed E-state index contributed by atoms with van der Waals surface area (Å²) in [4.78, 5) is 23.9. The van der Waals surface area contributed by atoms with Crippen molar-refractivity contribution in [3.63, 3.8) is 0 Å². The zero-order valence-electron chi connectivity index (χ0n) is 11.5. The molecule has 0 heterocycles. The highest BCUT2D eigenvalue weighted by molar-refractivity contribution is 9.10. The highest BCUT2D eigenvalue weighted by Crippen LogP contribution is 2.32. The maximum atomic E-state index is 12.1. The van der Waals surface area contributed by atoms with E-state index in [2.05, 4.69) is 22.5 Å². The van der Waals surface area contributed by atoms with Crippen molar-refractivity contribution in [3.05, 3.63) is 46.5 Å². The average molecular weight is 341 g/mol. The Morgan fingerprint density at radius 3 is 2.30 bits per heavy atom. The second kappa shape index (κ2) is 6.81. The van der Waals surface area contributed by atoms with Gasteiger partial charge in [0.25, 0.3) is 0 Å². The molecule has 1 aromatic rings. The minimum absolute atomic E-state index is 0.102. The van der Waals surface area contributed by atoms with E-state index in [1.165, 1.54) is 0 Å². The Bertz CT molecular complexity index is 521. The summed E-state index contributed by atoms with van der Waals surface area (Å²) in [6.45, 7) is 6.96. The quantitative estimate of drug-likeness (QED) is 0.638. The number of benzene rings is 1. The standard InChI is InChI=1S/C15H17BrO4/c1-4-13(17)10(3)15(19,14(18)20-5-2)11-6-8-12(16)9-7-11/h6-9,19H,3-5H2,1-2H3. The maximum absolute atomic E-state index is 12.1. The Morgan fingerprint density at radius 2 is 1.85 bits per heavy atom. The summed E-state index contributed by atoms with van der Waals surface area (Å²) in [5.74, 6) is -1.28. The van der Waals surface area contributed by atoms with E-state index >= 15 is 0 Å². The van der Waals surface area contributed by atoms with Crippen molar-refractivity contribution in [1.82, 2.24) is 0 Å². The van der Waals surface area contributed by atoms with Gasteiger partial charge in [0.1, 0.15) is 0 Å². The van der Waals surface area contributed by atoms with Gasteiger partial charge < -0.3 is 9.84 Å². The summed E-state index contributed by atoms with van der Waals surface area (Å²) in [5.41, 5.74) is -2.07. The molecule has 1 unspecified atom stereocenters. The molecule has 0 saturated carbocycles. The van der Waals surface area contributed by atoms with Crippen LogP contribution in [0.25, 0.3) is 0 Å². The molecule has 0 aliphatic heterocycles. The molecule has 0 aromatic heterocycles. The van der Waals surface area contributed by atoms with Crippen LogP contribution in [-0.4, -0.2) is 23.5 Å². The number of carbonyl (C=O) groups excluding carboxylic acids is 2. The van der Waals surface area contributed by atoms with E-state index < -0.39 is 11.6 Å². The topological polar surface area (TPSA) is 63.6 Å². The predicted octanol–water partition coefficient (Wildman–Crippen LogP) is 2.74. The number of ether oxygens (including phenoxy) is 1. The lowest BCUT2D eigenvalue weighted by Gasteiger charge is -2.27. The van der Waals surface area contributed by atoms with E-state index in [0.29, 0.717) is 0 Å². The molecule has 1 rings (SSSR count). The van der Waals surface area contributed by atoms with Crippen LogP contribution in [0.3, 0.4) is 0 Å². The Hall–Kier alpha value is -1.46. The summed E-state index contributed by atoms with van der Waals surface area (Å²) in [7, 11) is 0. The average Bonchev–Trinajstić information content (AvgIpc) is 2.45. The van der Waals surface area contributed by atoms with Crippen LogP contribution in [-0.2, 0) is 19.9 Å². The predicted molar refractivity (Wildman–Crippen MR) is 79.1 cm³/mol.